The Morgan fingerprint density at radius 3 is 2.75 bits per heavy atom. The molecule has 0 amide bonds. The van der Waals surface area contributed by atoms with Gasteiger partial charge >= 0.3 is 0 Å². The van der Waals surface area contributed by atoms with E-state index in [0.29, 0.717) is 17.8 Å². The lowest BCUT2D eigenvalue weighted by Gasteiger charge is -2.11. The molecule has 0 bridgehead atoms. The summed E-state index contributed by atoms with van der Waals surface area (Å²) >= 11 is 10.8. The Morgan fingerprint density at radius 2 is 2.20 bits per heavy atom. The van der Waals surface area contributed by atoms with Crippen LogP contribution in [0, 0.1) is 0 Å². The SMILES string of the molecule is NS(=O)(=O)c1cc(C=S)c(NCc2ccco2)cc1Cl. The molecule has 0 fully saturated rings. The van der Waals surface area contributed by atoms with Crippen molar-refractivity contribution in [3.63, 3.8) is 0 Å². The molecule has 3 N–H and O–H groups in total. The van der Waals surface area contributed by atoms with Gasteiger partial charge in [0, 0.05) is 16.6 Å². The number of nitrogens with two attached hydrogens (primary N) is 1. The molecule has 20 heavy (non-hydrogen) atoms. The van der Waals surface area contributed by atoms with Crippen LogP contribution in [0.1, 0.15) is 11.3 Å². The van der Waals surface area contributed by atoms with Gasteiger partial charge in [-0.25, -0.2) is 13.6 Å². The highest BCUT2D eigenvalue weighted by atomic mass is 35.5. The molecule has 0 aliphatic rings. The van der Waals surface area contributed by atoms with Gasteiger partial charge in [0.2, 0.25) is 10.0 Å². The second kappa shape index (κ2) is 5.92. The first-order valence-electron chi connectivity index (χ1n) is 5.49. The Bertz CT molecular complexity index is 727. The van der Waals surface area contributed by atoms with Crippen molar-refractivity contribution in [2.45, 2.75) is 11.4 Å². The molecule has 0 aliphatic heterocycles. The zero-order valence-corrected chi connectivity index (χ0v) is 12.6. The van der Waals surface area contributed by atoms with Gasteiger partial charge in [-0.2, -0.15) is 0 Å². The predicted octanol–water partition coefficient (Wildman–Crippen LogP) is 2.54. The summed E-state index contributed by atoms with van der Waals surface area (Å²) in [5, 5.41) is 9.55. The lowest BCUT2D eigenvalue weighted by Crippen LogP contribution is -2.14. The molecule has 2 aromatic rings. The maximum absolute atomic E-state index is 11.4. The largest absolute Gasteiger partial charge is 0.467 e. The molecule has 1 aromatic carbocycles. The first kappa shape index (κ1) is 15.0. The summed E-state index contributed by atoms with van der Waals surface area (Å²) in [5.74, 6) is 0.729. The van der Waals surface area contributed by atoms with E-state index >= 15 is 0 Å². The normalized spacial score (nSPS) is 11.3. The number of benzene rings is 1. The average molecular weight is 331 g/mol. The Hall–Kier alpha value is -1.41. The van der Waals surface area contributed by atoms with Crippen molar-refractivity contribution in [1.29, 1.82) is 0 Å². The zero-order chi connectivity index (χ0) is 14.8. The molecule has 0 unspecified atom stereocenters. The van der Waals surface area contributed by atoms with Crippen LogP contribution in [0.25, 0.3) is 0 Å². The van der Waals surface area contributed by atoms with E-state index in [4.69, 9.17) is 33.4 Å². The first-order valence-corrected chi connectivity index (χ1v) is 7.89. The van der Waals surface area contributed by atoms with Crippen molar-refractivity contribution in [2.75, 3.05) is 5.32 Å². The van der Waals surface area contributed by atoms with Gasteiger partial charge in [-0.3, -0.25) is 0 Å². The monoisotopic (exact) mass is 330 g/mol. The Labute approximate surface area is 126 Å². The van der Waals surface area contributed by atoms with Gasteiger partial charge in [0.15, 0.2) is 0 Å². The minimum atomic E-state index is -3.89. The number of nitrogens with one attached hydrogen (secondary N) is 1. The van der Waals surface area contributed by atoms with Crippen LogP contribution in [0.4, 0.5) is 5.69 Å². The third-order valence-corrected chi connectivity index (χ3v) is 4.20. The van der Waals surface area contributed by atoms with Crippen LogP contribution in [0.3, 0.4) is 0 Å². The summed E-state index contributed by atoms with van der Waals surface area (Å²) in [7, 11) is -3.89. The summed E-state index contributed by atoms with van der Waals surface area (Å²) in [6.07, 6.45) is 1.56. The van der Waals surface area contributed by atoms with Crippen molar-refractivity contribution in [1.82, 2.24) is 0 Å². The second-order valence-electron chi connectivity index (χ2n) is 3.97. The van der Waals surface area contributed by atoms with Crippen molar-refractivity contribution in [2.24, 2.45) is 5.14 Å². The quantitative estimate of drug-likeness (QED) is 0.823. The predicted molar refractivity (Wildman–Crippen MR) is 81.6 cm³/mol. The highest BCUT2D eigenvalue weighted by molar-refractivity contribution is 7.89. The minimum Gasteiger partial charge on any atom is -0.467 e. The van der Waals surface area contributed by atoms with E-state index in [9.17, 15) is 8.42 Å². The van der Waals surface area contributed by atoms with Crippen molar-refractivity contribution < 1.29 is 12.8 Å². The number of hydrogen-bond acceptors (Lipinski definition) is 5. The Balaban J connectivity index is 2.34. The lowest BCUT2D eigenvalue weighted by atomic mass is 10.2. The molecular formula is C12H11ClN2O3S2. The molecule has 106 valence electrons. The molecule has 5 nitrogen and oxygen atoms in total. The van der Waals surface area contributed by atoms with Gasteiger partial charge in [0.1, 0.15) is 10.7 Å². The molecule has 0 atom stereocenters. The average Bonchev–Trinajstić information content (AvgIpc) is 2.88. The van der Waals surface area contributed by atoms with E-state index < -0.39 is 10.0 Å². The van der Waals surface area contributed by atoms with Gasteiger partial charge in [-0.05, 0) is 24.3 Å². The molecule has 1 heterocycles. The minimum absolute atomic E-state index is 0.0371. The summed E-state index contributed by atoms with van der Waals surface area (Å²) in [5.41, 5.74) is 1.12. The fraction of sp³-hybridized carbons (Fsp3) is 0.0833. The number of furan rings is 1. The lowest BCUT2D eigenvalue weighted by molar-refractivity contribution is 0.518. The number of primary sulfonamides is 1. The van der Waals surface area contributed by atoms with Gasteiger partial charge in [-0.15, -0.1) is 0 Å². The molecule has 8 heteroatoms. The van der Waals surface area contributed by atoms with Gasteiger partial charge in [0.05, 0.1) is 17.8 Å². The van der Waals surface area contributed by atoms with Crippen molar-refractivity contribution in [3.05, 3.63) is 46.9 Å². The molecular weight excluding hydrogens is 320 g/mol. The second-order valence-corrected chi connectivity index (χ2v) is 6.14. The van der Waals surface area contributed by atoms with E-state index in [-0.39, 0.29) is 9.92 Å². The van der Waals surface area contributed by atoms with E-state index in [1.165, 1.54) is 17.5 Å². The van der Waals surface area contributed by atoms with Crippen LogP contribution in [0.15, 0.2) is 39.8 Å². The van der Waals surface area contributed by atoms with Crippen LogP contribution in [0.2, 0.25) is 5.02 Å². The fourth-order valence-corrected chi connectivity index (χ4v) is 2.94. The van der Waals surface area contributed by atoms with E-state index in [1.54, 1.807) is 12.3 Å². The maximum Gasteiger partial charge on any atom is 0.239 e. The Morgan fingerprint density at radius 1 is 1.45 bits per heavy atom. The van der Waals surface area contributed by atoms with E-state index in [2.05, 4.69) is 5.32 Å². The highest BCUT2D eigenvalue weighted by Crippen LogP contribution is 2.27. The van der Waals surface area contributed by atoms with E-state index in [0.717, 1.165) is 5.76 Å². The maximum atomic E-state index is 11.4. The smallest absolute Gasteiger partial charge is 0.239 e. The third kappa shape index (κ3) is 3.37. The molecule has 0 aliphatic carbocycles. The zero-order valence-electron chi connectivity index (χ0n) is 10.2. The van der Waals surface area contributed by atoms with E-state index in [1.807, 2.05) is 6.07 Å². The number of rotatable bonds is 5. The Kier molecular flexibility index (Phi) is 4.44. The van der Waals surface area contributed by atoms with Crippen LogP contribution >= 0.6 is 23.8 Å². The highest BCUT2D eigenvalue weighted by Gasteiger charge is 2.16. The number of thiocarbonyl (C=S) groups is 1. The van der Waals surface area contributed by atoms with Crippen molar-refractivity contribution >= 4 is 44.9 Å². The standard InChI is InChI=1S/C12H11ClN2O3S2/c13-10-5-11(15-6-9-2-1-3-18-9)8(7-19)4-12(10)20(14,16)17/h1-5,7,15H,6H2,(H2,14,16,17). The van der Waals surface area contributed by atoms with Crippen LogP contribution in [0.5, 0.6) is 0 Å². The number of halogens is 1. The van der Waals surface area contributed by atoms with Crippen LogP contribution in [-0.2, 0) is 16.6 Å². The third-order valence-electron chi connectivity index (χ3n) is 2.57. The molecule has 1 aromatic heterocycles. The topological polar surface area (TPSA) is 85.3 Å². The fourth-order valence-electron chi connectivity index (χ4n) is 1.63. The summed E-state index contributed by atoms with van der Waals surface area (Å²) in [6.45, 7) is 0.425. The van der Waals surface area contributed by atoms with Crippen LogP contribution in [-0.4, -0.2) is 13.8 Å². The van der Waals surface area contributed by atoms with Crippen molar-refractivity contribution in [3.8, 4) is 0 Å². The van der Waals surface area contributed by atoms with Gasteiger partial charge < -0.3 is 9.73 Å². The molecule has 0 saturated carbocycles. The first-order chi connectivity index (χ1) is 9.41. The van der Waals surface area contributed by atoms with Gasteiger partial charge in [0.25, 0.3) is 0 Å². The van der Waals surface area contributed by atoms with Crippen LogP contribution < -0.4 is 10.5 Å². The molecule has 0 spiro atoms. The number of anilines is 1. The summed E-state index contributed by atoms with van der Waals surface area (Å²) < 4.78 is 28.0. The number of sulfonamides is 1. The molecule has 0 radical (unpaired) electrons. The summed E-state index contributed by atoms with van der Waals surface area (Å²) in [4.78, 5) is -0.154. The number of hydrogen-bond donors (Lipinski definition) is 2. The molecule has 0 saturated heterocycles. The summed E-state index contributed by atoms with van der Waals surface area (Å²) in [6, 6.07) is 6.40. The molecule has 2 rings (SSSR count). The van der Waals surface area contributed by atoms with Gasteiger partial charge in [-0.1, -0.05) is 23.8 Å².